The summed E-state index contributed by atoms with van der Waals surface area (Å²) in [5.41, 5.74) is 5.17. The Balaban J connectivity index is 1.65. The van der Waals surface area contributed by atoms with E-state index in [1.807, 2.05) is 0 Å². The summed E-state index contributed by atoms with van der Waals surface area (Å²) in [6.07, 6.45) is 3.34. The first-order valence-electron chi connectivity index (χ1n) is 9.90. The van der Waals surface area contributed by atoms with Gasteiger partial charge >= 0.3 is 0 Å². The van der Waals surface area contributed by atoms with Crippen LogP contribution in [0.4, 0.5) is 8.78 Å². The third kappa shape index (κ3) is 4.78. The Hall–Kier alpha value is -2.68. The lowest BCUT2D eigenvalue weighted by molar-refractivity contribution is 0.313. The molecular weight excluding hydrogens is 354 g/mol. The minimum Gasteiger partial charge on any atom is -0.491 e. The van der Waals surface area contributed by atoms with Crippen LogP contribution < -0.4 is 4.74 Å². The summed E-state index contributed by atoms with van der Waals surface area (Å²) >= 11 is 0. The fraction of sp³-hybridized carbons (Fsp3) is 0.280. The quantitative estimate of drug-likeness (QED) is 0.419. The molecule has 0 aliphatic heterocycles. The molecule has 0 N–H and O–H groups in total. The minimum absolute atomic E-state index is 0.0296. The molecule has 1 nitrogen and oxygen atoms in total. The molecular formula is C25H26F2O. The summed E-state index contributed by atoms with van der Waals surface area (Å²) in [4.78, 5) is 0. The highest BCUT2D eigenvalue weighted by Gasteiger charge is 2.14. The average Bonchev–Trinajstić information content (AvgIpc) is 2.72. The van der Waals surface area contributed by atoms with Gasteiger partial charge in [0.2, 0.25) is 5.82 Å². The molecule has 0 saturated carbocycles. The normalized spacial score (nSPS) is 10.9. The van der Waals surface area contributed by atoms with Gasteiger partial charge in [0.1, 0.15) is 0 Å². The van der Waals surface area contributed by atoms with Crippen LogP contribution >= 0.6 is 0 Å². The number of hydrogen-bond acceptors (Lipinski definition) is 1. The molecule has 3 heteroatoms. The molecule has 0 aliphatic carbocycles. The number of ether oxygens (including phenoxy) is 1. The van der Waals surface area contributed by atoms with Gasteiger partial charge in [0.05, 0.1) is 6.61 Å². The van der Waals surface area contributed by atoms with E-state index in [0.29, 0.717) is 25.0 Å². The largest absolute Gasteiger partial charge is 0.491 e. The molecule has 0 spiro atoms. The van der Waals surface area contributed by atoms with Gasteiger partial charge in [-0.1, -0.05) is 67.9 Å². The number of aryl methyl sites for hydroxylation is 3. The maximum atomic E-state index is 14.2. The average molecular weight is 380 g/mol. The Bertz CT molecular complexity index is 899. The highest BCUT2D eigenvalue weighted by atomic mass is 19.2. The van der Waals surface area contributed by atoms with E-state index in [1.54, 1.807) is 13.0 Å². The van der Waals surface area contributed by atoms with Crippen molar-refractivity contribution >= 4 is 0 Å². The molecule has 146 valence electrons. The second-order valence-electron chi connectivity index (χ2n) is 6.93. The molecule has 0 radical (unpaired) electrons. The van der Waals surface area contributed by atoms with E-state index in [2.05, 4.69) is 55.5 Å². The maximum Gasteiger partial charge on any atom is 0.200 e. The Labute approximate surface area is 166 Å². The molecule has 0 saturated heterocycles. The van der Waals surface area contributed by atoms with Crippen LogP contribution in [0, 0.1) is 11.6 Å². The van der Waals surface area contributed by atoms with Gasteiger partial charge in [-0.3, -0.25) is 0 Å². The molecule has 0 unspecified atom stereocenters. The molecule has 0 aliphatic rings. The minimum atomic E-state index is -0.902. The highest BCUT2D eigenvalue weighted by Crippen LogP contribution is 2.25. The predicted octanol–water partition coefficient (Wildman–Crippen LogP) is 6.77. The van der Waals surface area contributed by atoms with Crippen molar-refractivity contribution in [2.75, 3.05) is 6.61 Å². The fourth-order valence-electron chi connectivity index (χ4n) is 3.33. The molecule has 0 aromatic heterocycles. The van der Waals surface area contributed by atoms with Crippen LogP contribution in [0.3, 0.4) is 0 Å². The van der Waals surface area contributed by atoms with Crippen molar-refractivity contribution in [2.24, 2.45) is 0 Å². The summed E-state index contributed by atoms with van der Waals surface area (Å²) in [6, 6.07) is 20.0. The molecule has 0 heterocycles. The lowest BCUT2D eigenvalue weighted by Crippen LogP contribution is -2.02. The lowest BCUT2D eigenvalue weighted by Gasteiger charge is -2.09. The van der Waals surface area contributed by atoms with Crippen molar-refractivity contribution in [1.29, 1.82) is 0 Å². The van der Waals surface area contributed by atoms with Gasteiger partial charge in [-0.2, -0.15) is 4.39 Å². The standard InChI is InChI=1S/C25H26F2O/c1-3-5-18-6-11-20(12-7-18)21-13-8-19(9-14-21)10-15-22-16-17-23(28-4-2)25(27)24(22)26/h6-9,11-14,16-17H,3-5,10,15H2,1-2H3. The third-order valence-electron chi connectivity index (χ3n) is 4.89. The zero-order valence-corrected chi connectivity index (χ0v) is 16.5. The van der Waals surface area contributed by atoms with Crippen molar-refractivity contribution in [1.82, 2.24) is 0 Å². The van der Waals surface area contributed by atoms with Crippen LogP contribution in [0.2, 0.25) is 0 Å². The number of rotatable bonds is 8. The van der Waals surface area contributed by atoms with E-state index in [9.17, 15) is 8.78 Å². The van der Waals surface area contributed by atoms with Crippen LogP contribution in [-0.4, -0.2) is 6.61 Å². The molecule has 0 bridgehead atoms. The Morgan fingerprint density at radius 1 is 0.643 bits per heavy atom. The van der Waals surface area contributed by atoms with E-state index >= 15 is 0 Å². The van der Waals surface area contributed by atoms with E-state index in [0.717, 1.165) is 24.0 Å². The van der Waals surface area contributed by atoms with E-state index in [1.165, 1.54) is 17.2 Å². The van der Waals surface area contributed by atoms with Crippen LogP contribution in [0.5, 0.6) is 5.75 Å². The molecule has 3 aromatic rings. The number of benzene rings is 3. The first-order valence-corrected chi connectivity index (χ1v) is 9.90. The second kappa shape index (κ2) is 9.50. The van der Waals surface area contributed by atoms with Crippen LogP contribution in [0.15, 0.2) is 60.7 Å². The van der Waals surface area contributed by atoms with Gasteiger partial charge in [0.25, 0.3) is 0 Å². The first-order chi connectivity index (χ1) is 13.6. The van der Waals surface area contributed by atoms with Crippen molar-refractivity contribution in [3.05, 3.63) is 89.0 Å². The summed E-state index contributed by atoms with van der Waals surface area (Å²) < 4.78 is 33.3. The molecule has 0 atom stereocenters. The molecule has 3 rings (SSSR count). The molecule has 0 amide bonds. The zero-order chi connectivity index (χ0) is 19.9. The first kappa shape index (κ1) is 20.1. The number of hydrogen-bond donors (Lipinski definition) is 0. The third-order valence-corrected chi connectivity index (χ3v) is 4.89. The van der Waals surface area contributed by atoms with Gasteiger partial charge in [0, 0.05) is 0 Å². The summed E-state index contributed by atoms with van der Waals surface area (Å²) in [6.45, 7) is 4.23. The predicted molar refractivity (Wildman–Crippen MR) is 111 cm³/mol. The van der Waals surface area contributed by atoms with Crippen molar-refractivity contribution in [3.8, 4) is 16.9 Å². The molecule has 28 heavy (non-hydrogen) atoms. The zero-order valence-electron chi connectivity index (χ0n) is 16.5. The van der Waals surface area contributed by atoms with Gasteiger partial charge in [-0.05, 0) is 60.1 Å². The van der Waals surface area contributed by atoms with E-state index in [4.69, 9.17) is 4.74 Å². The highest BCUT2D eigenvalue weighted by molar-refractivity contribution is 5.64. The SMILES string of the molecule is CCCc1ccc(-c2ccc(CCc3ccc(OCC)c(F)c3F)cc2)cc1. The van der Waals surface area contributed by atoms with Gasteiger partial charge in [0.15, 0.2) is 11.6 Å². The molecule has 0 fully saturated rings. The van der Waals surface area contributed by atoms with Crippen molar-refractivity contribution < 1.29 is 13.5 Å². The monoisotopic (exact) mass is 380 g/mol. The summed E-state index contributed by atoms with van der Waals surface area (Å²) in [5, 5.41) is 0. The number of halogens is 2. The Morgan fingerprint density at radius 2 is 1.21 bits per heavy atom. The Kier molecular flexibility index (Phi) is 6.80. The van der Waals surface area contributed by atoms with Crippen molar-refractivity contribution in [2.45, 2.75) is 39.5 Å². The van der Waals surface area contributed by atoms with Crippen LogP contribution in [0.25, 0.3) is 11.1 Å². The van der Waals surface area contributed by atoms with Crippen LogP contribution in [0.1, 0.15) is 37.0 Å². The fourth-order valence-corrected chi connectivity index (χ4v) is 3.33. The van der Waals surface area contributed by atoms with E-state index < -0.39 is 11.6 Å². The maximum absolute atomic E-state index is 14.2. The van der Waals surface area contributed by atoms with Gasteiger partial charge in [-0.25, -0.2) is 4.39 Å². The van der Waals surface area contributed by atoms with E-state index in [-0.39, 0.29) is 5.75 Å². The van der Waals surface area contributed by atoms with Gasteiger partial charge in [-0.15, -0.1) is 0 Å². The topological polar surface area (TPSA) is 9.23 Å². The van der Waals surface area contributed by atoms with Crippen LogP contribution in [-0.2, 0) is 19.3 Å². The smallest absolute Gasteiger partial charge is 0.200 e. The lowest BCUT2D eigenvalue weighted by atomic mass is 9.99. The Morgan fingerprint density at radius 3 is 1.75 bits per heavy atom. The second-order valence-corrected chi connectivity index (χ2v) is 6.93. The molecule has 3 aromatic carbocycles. The summed E-state index contributed by atoms with van der Waals surface area (Å²) in [5.74, 6) is -1.74. The summed E-state index contributed by atoms with van der Waals surface area (Å²) in [7, 11) is 0. The van der Waals surface area contributed by atoms with Crippen molar-refractivity contribution in [3.63, 3.8) is 0 Å². The van der Waals surface area contributed by atoms with Gasteiger partial charge < -0.3 is 4.74 Å².